The molecule has 2 aromatic heterocycles. The lowest BCUT2D eigenvalue weighted by Gasteiger charge is -2.22. The van der Waals surface area contributed by atoms with Crippen LogP contribution >= 0.6 is 0 Å². The van der Waals surface area contributed by atoms with Gasteiger partial charge in [-0.15, -0.1) is 0 Å². The molecule has 1 aromatic carbocycles. The molecule has 4 rings (SSSR count). The molecular weight excluding hydrogens is 408 g/mol. The van der Waals surface area contributed by atoms with E-state index in [0.717, 1.165) is 18.4 Å². The van der Waals surface area contributed by atoms with Crippen molar-refractivity contribution in [1.29, 1.82) is 0 Å². The number of benzene rings is 1. The van der Waals surface area contributed by atoms with Crippen LogP contribution in [-0.2, 0) is 24.3 Å². The van der Waals surface area contributed by atoms with Crippen LogP contribution in [0.4, 0.5) is 0 Å². The van der Waals surface area contributed by atoms with E-state index in [0.29, 0.717) is 43.5 Å². The Morgan fingerprint density at radius 1 is 1.22 bits per heavy atom. The van der Waals surface area contributed by atoms with Gasteiger partial charge in [0.1, 0.15) is 5.69 Å². The molecule has 1 aliphatic rings. The maximum absolute atomic E-state index is 13.0. The highest BCUT2D eigenvalue weighted by atomic mass is 16.5. The molecule has 3 aromatic rings. The minimum absolute atomic E-state index is 0.0131. The molecule has 1 unspecified atom stereocenters. The van der Waals surface area contributed by atoms with E-state index < -0.39 is 0 Å². The Morgan fingerprint density at radius 2 is 2.03 bits per heavy atom. The van der Waals surface area contributed by atoms with Crippen molar-refractivity contribution in [3.05, 3.63) is 65.6 Å². The van der Waals surface area contributed by atoms with Crippen molar-refractivity contribution in [2.75, 3.05) is 13.6 Å². The smallest absolute Gasteiger partial charge is 0.272 e. The molecule has 0 N–H and O–H groups in total. The van der Waals surface area contributed by atoms with Crippen molar-refractivity contribution >= 4 is 11.8 Å². The van der Waals surface area contributed by atoms with E-state index in [4.69, 9.17) is 4.52 Å². The van der Waals surface area contributed by atoms with E-state index in [1.165, 1.54) is 0 Å². The molecule has 0 bridgehead atoms. The Morgan fingerprint density at radius 3 is 2.81 bits per heavy atom. The van der Waals surface area contributed by atoms with Gasteiger partial charge in [0.15, 0.2) is 5.82 Å². The van der Waals surface area contributed by atoms with Gasteiger partial charge >= 0.3 is 0 Å². The van der Waals surface area contributed by atoms with Gasteiger partial charge in [-0.2, -0.15) is 10.1 Å². The summed E-state index contributed by atoms with van der Waals surface area (Å²) in [4.78, 5) is 33.5. The predicted molar refractivity (Wildman–Crippen MR) is 116 cm³/mol. The number of carbonyl (C=O) groups is 2. The monoisotopic (exact) mass is 436 g/mol. The molecule has 1 saturated heterocycles. The highest BCUT2D eigenvalue weighted by Gasteiger charge is 2.35. The van der Waals surface area contributed by atoms with Crippen molar-refractivity contribution in [3.63, 3.8) is 0 Å². The zero-order chi connectivity index (χ0) is 22.5. The number of carbonyl (C=O) groups excluding carboxylic acids is 2. The molecular formula is C23H28N6O3. The molecule has 9 heteroatoms. The average molecular weight is 437 g/mol. The number of hydrogen-bond acceptors (Lipinski definition) is 6. The lowest BCUT2D eigenvalue weighted by Crippen LogP contribution is -2.32. The van der Waals surface area contributed by atoms with Crippen LogP contribution in [-0.4, -0.2) is 55.1 Å². The molecule has 0 aliphatic carbocycles. The van der Waals surface area contributed by atoms with E-state index in [2.05, 4.69) is 15.2 Å². The Kier molecular flexibility index (Phi) is 6.63. The first-order chi connectivity index (χ1) is 15.6. The van der Waals surface area contributed by atoms with Crippen LogP contribution in [0.2, 0.25) is 0 Å². The van der Waals surface area contributed by atoms with Crippen molar-refractivity contribution in [1.82, 2.24) is 29.7 Å². The summed E-state index contributed by atoms with van der Waals surface area (Å²) < 4.78 is 7.09. The van der Waals surface area contributed by atoms with Gasteiger partial charge in [0.2, 0.25) is 11.8 Å². The number of likely N-dealkylation sites (tertiary alicyclic amines) is 1. The number of amides is 2. The quantitative estimate of drug-likeness (QED) is 0.539. The van der Waals surface area contributed by atoms with Gasteiger partial charge in [0.05, 0.1) is 6.04 Å². The Labute approximate surface area is 187 Å². The first-order valence-corrected chi connectivity index (χ1v) is 11.0. The van der Waals surface area contributed by atoms with Gasteiger partial charge in [0, 0.05) is 45.7 Å². The predicted octanol–water partition coefficient (Wildman–Crippen LogP) is 2.85. The molecule has 1 atom stereocenters. The van der Waals surface area contributed by atoms with Gasteiger partial charge in [-0.05, 0) is 31.4 Å². The molecule has 0 radical (unpaired) electrons. The van der Waals surface area contributed by atoms with Gasteiger partial charge < -0.3 is 14.3 Å². The van der Waals surface area contributed by atoms with Gasteiger partial charge in [-0.3, -0.25) is 14.3 Å². The van der Waals surface area contributed by atoms with E-state index in [9.17, 15) is 9.59 Å². The maximum Gasteiger partial charge on any atom is 0.272 e. The lowest BCUT2D eigenvalue weighted by molar-refractivity contribution is -0.130. The number of hydrogen-bond donors (Lipinski definition) is 0. The standard InChI is InChI=1S/C23H28N6O3/c1-3-29-19(13-14-24-29)23(31)28-15-7-10-18(28)22-25-20(32-26-22)11-12-21(30)27(2)16-17-8-5-4-6-9-17/h4-6,8-9,13-14,18H,3,7,10-12,15-16H2,1-2H3. The van der Waals surface area contributed by atoms with Crippen LogP contribution in [0.25, 0.3) is 0 Å². The van der Waals surface area contributed by atoms with Gasteiger partial charge in [0.25, 0.3) is 5.91 Å². The molecule has 0 spiro atoms. The topological polar surface area (TPSA) is 97.4 Å². The molecule has 1 aliphatic heterocycles. The molecule has 32 heavy (non-hydrogen) atoms. The summed E-state index contributed by atoms with van der Waals surface area (Å²) in [6.45, 7) is 3.79. The van der Waals surface area contributed by atoms with Crippen LogP contribution < -0.4 is 0 Å². The molecule has 2 amide bonds. The van der Waals surface area contributed by atoms with Crippen molar-refractivity contribution in [2.45, 2.75) is 51.7 Å². The zero-order valence-corrected chi connectivity index (χ0v) is 18.5. The molecule has 9 nitrogen and oxygen atoms in total. The SMILES string of the molecule is CCn1nccc1C(=O)N1CCCC1c1noc(CCC(=O)N(C)Cc2ccccc2)n1. The summed E-state index contributed by atoms with van der Waals surface area (Å²) in [6.07, 6.45) is 3.95. The first kappa shape index (κ1) is 21.7. The summed E-state index contributed by atoms with van der Waals surface area (Å²) in [5.74, 6) is 0.855. The summed E-state index contributed by atoms with van der Waals surface area (Å²) in [6, 6.07) is 11.4. The van der Waals surface area contributed by atoms with Crippen LogP contribution in [0.3, 0.4) is 0 Å². The van der Waals surface area contributed by atoms with Crippen molar-refractivity contribution < 1.29 is 14.1 Å². The third-order valence-electron chi connectivity index (χ3n) is 5.77. The van der Waals surface area contributed by atoms with E-state index >= 15 is 0 Å². The first-order valence-electron chi connectivity index (χ1n) is 11.0. The van der Waals surface area contributed by atoms with E-state index in [1.807, 2.05) is 37.3 Å². The van der Waals surface area contributed by atoms with Crippen LogP contribution in [0.15, 0.2) is 47.1 Å². The van der Waals surface area contributed by atoms with Crippen molar-refractivity contribution in [3.8, 4) is 0 Å². The fraction of sp³-hybridized carbons (Fsp3) is 0.435. The highest BCUT2D eigenvalue weighted by Crippen LogP contribution is 2.31. The summed E-state index contributed by atoms with van der Waals surface area (Å²) in [5, 5.41) is 8.31. The second-order valence-electron chi connectivity index (χ2n) is 7.97. The second kappa shape index (κ2) is 9.76. The Bertz CT molecular complexity index is 1060. The van der Waals surface area contributed by atoms with Crippen LogP contribution in [0, 0.1) is 0 Å². The Hall–Kier alpha value is -3.49. The fourth-order valence-electron chi connectivity index (χ4n) is 4.05. The molecule has 168 valence electrons. The maximum atomic E-state index is 13.0. The van der Waals surface area contributed by atoms with Gasteiger partial charge in [-0.1, -0.05) is 35.5 Å². The van der Waals surface area contributed by atoms with E-state index in [1.54, 1.807) is 33.8 Å². The van der Waals surface area contributed by atoms with Crippen LogP contribution in [0.1, 0.15) is 60.0 Å². The summed E-state index contributed by atoms with van der Waals surface area (Å²) in [5.41, 5.74) is 1.65. The minimum Gasteiger partial charge on any atom is -0.341 e. The fourth-order valence-corrected chi connectivity index (χ4v) is 4.05. The highest BCUT2D eigenvalue weighted by molar-refractivity contribution is 5.93. The zero-order valence-electron chi connectivity index (χ0n) is 18.5. The minimum atomic E-state index is -0.225. The third-order valence-corrected chi connectivity index (χ3v) is 5.77. The largest absolute Gasteiger partial charge is 0.341 e. The number of nitrogens with zero attached hydrogens (tertiary/aromatic N) is 6. The third kappa shape index (κ3) is 4.71. The number of rotatable bonds is 8. The van der Waals surface area contributed by atoms with E-state index in [-0.39, 0.29) is 24.3 Å². The summed E-state index contributed by atoms with van der Waals surface area (Å²) in [7, 11) is 1.79. The van der Waals surface area contributed by atoms with Gasteiger partial charge in [-0.25, -0.2) is 0 Å². The number of aromatic nitrogens is 4. The molecule has 3 heterocycles. The Balaban J connectivity index is 1.35. The normalized spacial score (nSPS) is 15.8. The lowest BCUT2D eigenvalue weighted by atomic mass is 10.2. The van der Waals surface area contributed by atoms with Crippen molar-refractivity contribution in [2.24, 2.45) is 0 Å². The molecule has 1 fully saturated rings. The second-order valence-corrected chi connectivity index (χ2v) is 7.97. The molecule has 0 saturated carbocycles. The van der Waals surface area contributed by atoms with Crippen LogP contribution in [0.5, 0.6) is 0 Å². The number of aryl methyl sites for hydroxylation is 2. The average Bonchev–Trinajstić information content (AvgIpc) is 3.57. The summed E-state index contributed by atoms with van der Waals surface area (Å²) >= 11 is 0.